The number of nitrogens with zero attached hydrogens (tertiary/aromatic N) is 3. The van der Waals surface area contributed by atoms with E-state index in [9.17, 15) is 18.4 Å². The summed E-state index contributed by atoms with van der Waals surface area (Å²) in [5.41, 5.74) is -1.10. The Kier molecular flexibility index (Phi) is 4.78. The SMILES string of the molecule is CN1CC2(Cc3ccc(F)cc3F)CN(C(=O)OC(C)(C)C)CCN2C1=O. The Morgan fingerprint density at radius 2 is 1.93 bits per heavy atom. The molecule has 0 N–H and O–H groups in total. The number of likely N-dealkylation sites (N-methyl/N-ethyl adjacent to an activating group) is 1. The first-order valence-corrected chi connectivity index (χ1v) is 8.95. The smallest absolute Gasteiger partial charge is 0.410 e. The normalized spacial score (nSPS) is 22.9. The van der Waals surface area contributed by atoms with Crippen LogP contribution in [0.2, 0.25) is 0 Å². The first-order valence-electron chi connectivity index (χ1n) is 8.95. The molecule has 1 unspecified atom stereocenters. The Balaban J connectivity index is 1.89. The van der Waals surface area contributed by atoms with E-state index >= 15 is 0 Å². The van der Waals surface area contributed by atoms with E-state index in [4.69, 9.17) is 4.74 Å². The second kappa shape index (κ2) is 6.65. The molecule has 1 aromatic rings. The van der Waals surface area contributed by atoms with Gasteiger partial charge in [0, 0.05) is 45.7 Å². The Morgan fingerprint density at radius 3 is 2.56 bits per heavy atom. The monoisotopic (exact) mass is 381 g/mol. The van der Waals surface area contributed by atoms with Gasteiger partial charge in [-0.1, -0.05) is 6.07 Å². The molecular formula is C19H25F2N3O3. The molecule has 3 amide bonds. The molecule has 148 valence electrons. The van der Waals surface area contributed by atoms with E-state index in [0.29, 0.717) is 25.2 Å². The second-order valence-electron chi connectivity index (χ2n) is 8.33. The summed E-state index contributed by atoms with van der Waals surface area (Å²) in [6.45, 7) is 6.64. The van der Waals surface area contributed by atoms with Crippen LogP contribution in [-0.4, -0.2) is 71.2 Å². The first-order chi connectivity index (χ1) is 12.5. The summed E-state index contributed by atoms with van der Waals surface area (Å²) in [4.78, 5) is 29.9. The van der Waals surface area contributed by atoms with Crippen molar-refractivity contribution in [2.45, 2.75) is 38.3 Å². The highest BCUT2D eigenvalue weighted by atomic mass is 19.1. The van der Waals surface area contributed by atoms with Gasteiger partial charge in [0.2, 0.25) is 0 Å². The van der Waals surface area contributed by atoms with Gasteiger partial charge >= 0.3 is 12.1 Å². The summed E-state index contributed by atoms with van der Waals surface area (Å²) in [6.07, 6.45) is -0.266. The second-order valence-corrected chi connectivity index (χ2v) is 8.33. The number of hydrogen-bond acceptors (Lipinski definition) is 3. The number of piperazine rings is 1. The molecule has 2 fully saturated rings. The average Bonchev–Trinajstić information content (AvgIpc) is 2.79. The number of halogens is 2. The lowest BCUT2D eigenvalue weighted by Gasteiger charge is -2.46. The van der Waals surface area contributed by atoms with Crippen molar-refractivity contribution in [1.29, 1.82) is 0 Å². The van der Waals surface area contributed by atoms with Gasteiger partial charge in [0.05, 0.1) is 5.54 Å². The van der Waals surface area contributed by atoms with Crippen LogP contribution in [0.5, 0.6) is 0 Å². The van der Waals surface area contributed by atoms with Crippen LogP contribution in [0.15, 0.2) is 18.2 Å². The summed E-state index contributed by atoms with van der Waals surface area (Å²) in [7, 11) is 1.68. The molecule has 3 rings (SSSR count). The van der Waals surface area contributed by atoms with Crippen LogP contribution >= 0.6 is 0 Å². The minimum atomic E-state index is -0.778. The molecular weight excluding hydrogens is 356 g/mol. The lowest BCUT2D eigenvalue weighted by molar-refractivity contribution is -0.00307. The zero-order valence-electron chi connectivity index (χ0n) is 16.1. The lowest BCUT2D eigenvalue weighted by atomic mass is 9.87. The Bertz CT molecular complexity index is 765. The van der Waals surface area contributed by atoms with E-state index in [2.05, 4.69) is 0 Å². The minimum Gasteiger partial charge on any atom is -0.444 e. The predicted octanol–water partition coefficient (Wildman–Crippen LogP) is 2.86. The van der Waals surface area contributed by atoms with Gasteiger partial charge in [0.25, 0.3) is 0 Å². The average molecular weight is 381 g/mol. The van der Waals surface area contributed by atoms with Crippen molar-refractivity contribution < 1.29 is 23.1 Å². The third-order valence-corrected chi connectivity index (χ3v) is 4.93. The van der Waals surface area contributed by atoms with Crippen LogP contribution in [-0.2, 0) is 11.2 Å². The van der Waals surface area contributed by atoms with Crippen LogP contribution in [0, 0.1) is 11.6 Å². The van der Waals surface area contributed by atoms with E-state index in [-0.39, 0.29) is 19.0 Å². The highest BCUT2D eigenvalue weighted by molar-refractivity contribution is 5.79. The minimum absolute atomic E-state index is 0.152. The maximum absolute atomic E-state index is 14.3. The maximum atomic E-state index is 14.3. The van der Waals surface area contributed by atoms with E-state index in [1.807, 2.05) is 0 Å². The van der Waals surface area contributed by atoms with Crippen molar-refractivity contribution in [2.75, 3.05) is 33.2 Å². The third-order valence-electron chi connectivity index (χ3n) is 4.93. The van der Waals surface area contributed by atoms with Crippen LogP contribution in [0.3, 0.4) is 0 Å². The predicted molar refractivity (Wildman–Crippen MR) is 95.3 cm³/mol. The molecule has 2 saturated heterocycles. The van der Waals surface area contributed by atoms with E-state index in [0.717, 1.165) is 6.07 Å². The number of carbonyl (C=O) groups excluding carboxylic acids is 2. The molecule has 0 bridgehead atoms. The molecule has 6 nitrogen and oxygen atoms in total. The molecule has 0 spiro atoms. The molecule has 0 aliphatic carbocycles. The number of ether oxygens (including phenoxy) is 1. The summed E-state index contributed by atoms with van der Waals surface area (Å²) in [5.74, 6) is -1.30. The number of benzene rings is 1. The fourth-order valence-corrected chi connectivity index (χ4v) is 3.84. The van der Waals surface area contributed by atoms with Gasteiger partial charge in [0.1, 0.15) is 17.2 Å². The number of carbonyl (C=O) groups is 2. The van der Waals surface area contributed by atoms with Gasteiger partial charge < -0.3 is 19.4 Å². The van der Waals surface area contributed by atoms with Gasteiger partial charge in [-0.15, -0.1) is 0 Å². The molecule has 0 aromatic heterocycles. The summed E-state index contributed by atoms with van der Waals surface area (Å²) in [6, 6.07) is 3.29. The number of hydrogen-bond donors (Lipinski definition) is 0. The molecule has 0 saturated carbocycles. The standard InChI is InChI=1S/C19H25F2N3O3/c1-18(2,3)27-17(26)23-7-8-24-16(25)22(4)11-19(24,12-23)10-13-5-6-14(20)9-15(13)21/h5-6,9H,7-8,10-12H2,1-4H3. The molecule has 27 heavy (non-hydrogen) atoms. The van der Waals surface area contributed by atoms with Crippen LogP contribution in [0.4, 0.5) is 18.4 Å². The molecule has 8 heteroatoms. The van der Waals surface area contributed by atoms with Gasteiger partial charge in [-0.3, -0.25) is 0 Å². The van der Waals surface area contributed by atoms with Gasteiger partial charge in [-0.05, 0) is 32.4 Å². The number of fused-ring (bicyclic) bond motifs is 1. The molecule has 2 aliphatic rings. The number of amides is 3. The quantitative estimate of drug-likeness (QED) is 0.792. The topological polar surface area (TPSA) is 53.1 Å². The van der Waals surface area contributed by atoms with Crippen molar-refractivity contribution in [1.82, 2.24) is 14.7 Å². The summed E-state index contributed by atoms with van der Waals surface area (Å²) >= 11 is 0. The van der Waals surface area contributed by atoms with Crippen molar-refractivity contribution in [3.8, 4) is 0 Å². The summed E-state index contributed by atoms with van der Waals surface area (Å²) in [5, 5.41) is 0. The lowest BCUT2D eigenvalue weighted by Crippen LogP contribution is -2.63. The third kappa shape index (κ3) is 3.84. The van der Waals surface area contributed by atoms with Crippen LogP contribution in [0.25, 0.3) is 0 Å². The van der Waals surface area contributed by atoms with Crippen molar-refractivity contribution in [3.05, 3.63) is 35.4 Å². The maximum Gasteiger partial charge on any atom is 0.410 e. The Morgan fingerprint density at radius 1 is 1.22 bits per heavy atom. The zero-order valence-corrected chi connectivity index (χ0v) is 16.1. The van der Waals surface area contributed by atoms with Crippen LogP contribution < -0.4 is 0 Å². The highest BCUT2D eigenvalue weighted by Gasteiger charge is 2.52. The first kappa shape index (κ1) is 19.4. The fourth-order valence-electron chi connectivity index (χ4n) is 3.84. The number of urea groups is 1. The zero-order chi connectivity index (χ0) is 20.0. The van der Waals surface area contributed by atoms with E-state index < -0.39 is 28.9 Å². The largest absolute Gasteiger partial charge is 0.444 e. The van der Waals surface area contributed by atoms with Crippen molar-refractivity contribution in [3.63, 3.8) is 0 Å². The van der Waals surface area contributed by atoms with Crippen LogP contribution in [0.1, 0.15) is 26.3 Å². The van der Waals surface area contributed by atoms with Gasteiger partial charge in [0.15, 0.2) is 0 Å². The van der Waals surface area contributed by atoms with Crippen molar-refractivity contribution in [2.24, 2.45) is 0 Å². The summed E-state index contributed by atoms with van der Waals surface area (Å²) < 4.78 is 33.0. The van der Waals surface area contributed by atoms with E-state index in [1.165, 1.54) is 12.1 Å². The molecule has 0 radical (unpaired) electrons. The molecule has 2 heterocycles. The molecule has 1 aromatic carbocycles. The number of rotatable bonds is 2. The van der Waals surface area contributed by atoms with Gasteiger partial charge in [-0.2, -0.15) is 0 Å². The fraction of sp³-hybridized carbons (Fsp3) is 0.579. The highest BCUT2D eigenvalue weighted by Crippen LogP contribution is 2.34. The van der Waals surface area contributed by atoms with Gasteiger partial charge in [-0.25, -0.2) is 18.4 Å². The van der Waals surface area contributed by atoms with Crippen molar-refractivity contribution >= 4 is 12.1 Å². The van der Waals surface area contributed by atoms with E-state index in [1.54, 1.807) is 42.5 Å². The Labute approximate surface area is 157 Å². The molecule has 1 atom stereocenters. The molecule has 2 aliphatic heterocycles. The Hall–Kier alpha value is -2.38.